The normalized spacial score (nSPS) is 20.8. The van der Waals surface area contributed by atoms with E-state index in [2.05, 4.69) is 4.98 Å². The van der Waals surface area contributed by atoms with Crippen LogP contribution >= 0.6 is 0 Å². The number of morpholine rings is 1. The molecule has 0 bridgehead atoms. The molecule has 2 aliphatic rings. The van der Waals surface area contributed by atoms with Crippen LogP contribution in [0.4, 0.5) is 4.79 Å². The van der Waals surface area contributed by atoms with Crippen LogP contribution in [0.15, 0.2) is 18.7 Å². The molecule has 0 aromatic carbocycles. The number of piperidine rings is 1. The fourth-order valence-corrected chi connectivity index (χ4v) is 3.48. The second kappa shape index (κ2) is 9.56. The van der Waals surface area contributed by atoms with Gasteiger partial charge in [0.1, 0.15) is 6.61 Å². The predicted octanol–water partition coefficient (Wildman–Crippen LogP) is 1.51. The summed E-state index contributed by atoms with van der Waals surface area (Å²) in [7, 11) is 0. The maximum absolute atomic E-state index is 12.6. The van der Waals surface area contributed by atoms with Gasteiger partial charge in [0.15, 0.2) is 0 Å². The van der Waals surface area contributed by atoms with Crippen molar-refractivity contribution >= 4 is 12.0 Å². The van der Waals surface area contributed by atoms with Crippen molar-refractivity contribution in [3.8, 4) is 0 Å². The number of carbonyl (C=O) groups excluding carboxylic acids is 2. The molecule has 8 heteroatoms. The molecule has 1 unspecified atom stereocenters. The number of aryl methyl sites for hydroxylation is 1. The van der Waals surface area contributed by atoms with Gasteiger partial charge in [-0.15, -0.1) is 0 Å². The van der Waals surface area contributed by atoms with E-state index in [1.54, 1.807) is 17.4 Å². The Morgan fingerprint density at radius 1 is 1.19 bits per heavy atom. The number of carbonyl (C=O) groups is 2. The average Bonchev–Trinajstić information content (AvgIpc) is 3.20. The highest BCUT2D eigenvalue weighted by molar-refractivity contribution is 5.76. The zero-order valence-electron chi connectivity index (χ0n) is 15.2. The average molecular weight is 364 g/mol. The molecule has 1 aromatic rings. The fraction of sp³-hybridized carbons (Fsp3) is 0.722. The monoisotopic (exact) mass is 364 g/mol. The number of amides is 2. The topological polar surface area (TPSA) is 76.9 Å². The van der Waals surface area contributed by atoms with Crippen LogP contribution in [0.2, 0.25) is 0 Å². The van der Waals surface area contributed by atoms with Gasteiger partial charge >= 0.3 is 6.09 Å². The van der Waals surface area contributed by atoms with Crippen LogP contribution in [0.3, 0.4) is 0 Å². The first-order valence-electron chi connectivity index (χ1n) is 9.48. The Kier molecular flexibility index (Phi) is 6.88. The molecule has 8 nitrogen and oxygen atoms in total. The molecule has 1 aromatic heterocycles. The lowest BCUT2D eigenvalue weighted by Crippen LogP contribution is -2.48. The fourth-order valence-electron chi connectivity index (χ4n) is 3.48. The first kappa shape index (κ1) is 18.7. The highest BCUT2D eigenvalue weighted by Gasteiger charge is 2.28. The number of likely N-dealkylation sites (tertiary alicyclic amines) is 1. The number of rotatable bonds is 6. The lowest BCUT2D eigenvalue weighted by Gasteiger charge is -2.36. The Balaban J connectivity index is 1.44. The van der Waals surface area contributed by atoms with Gasteiger partial charge in [0.25, 0.3) is 0 Å². The van der Waals surface area contributed by atoms with Crippen LogP contribution in [0.5, 0.6) is 0 Å². The van der Waals surface area contributed by atoms with E-state index >= 15 is 0 Å². The second-order valence-electron chi connectivity index (χ2n) is 6.82. The first-order valence-corrected chi connectivity index (χ1v) is 9.48. The number of hydrogen-bond donors (Lipinski definition) is 0. The summed E-state index contributed by atoms with van der Waals surface area (Å²) in [5, 5.41) is 0. The molecule has 2 fully saturated rings. The van der Waals surface area contributed by atoms with Crippen LogP contribution in [-0.4, -0.2) is 76.8 Å². The van der Waals surface area contributed by atoms with Gasteiger partial charge in [-0.25, -0.2) is 9.78 Å². The molecule has 144 valence electrons. The highest BCUT2D eigenvalue weighted by Crippen LogP contribution is 2.19. The minimum atomic E-state index is -0.300. The Labute approximate surface area is 154 Å². The van der Waals surface area contributed by atoms with Crippen molar-refractivity contribution in [2.24, 2.45) is 0 Å². The van der Waals surface area contributed by atoms with Crippen molar-refractivity contribution in [3.63, 3.8) is 0 Å². The van der Waals surface area contributed by atoms with Gasteiger partial charge in [-0.3, -0.25) is 4.79 Å². The van der Waals surface area contributed by atoms with Crippen molar-refractivity contribution in [2.45, 2.75) is 44.7 Å². The summed E-state index contributed by atoms with van der Waals surface area (Å²) in [5.74, 6) is 0.150. The molecule has 0 aliphatic carbocycles. The van der Waals surface area contributed by atoms with E-state index in [1.807, 2.05) is 15.7 Å². The quantitative estimate of drug-likeness (QED) is 0.765. The van der Waals surface area contributed by atoms with E-state index in [0.29, 0.717) is 32.7 Å². The Morgan fingerprint density at radius 3 is 2.81 bits per heavy atom. The van der Waals surface area contributed by atoms with Crippen LogP contribution in [0.1, 0.15) is 32.1 Å². The highest BCUT2D eigenvalue weighted by atomic mass is 16.6. The molecule has 0 saturated carbocycles. The van der Waals surface area contributed by atoms with Gasteiger partial charge < -0.3 is 23.8 Å². The predicted molar refractivity (Wildman–Crippen MR) is 94.6 cm³/mol. The summed E-state index contributed by atoms with van der Waals surface area (Å²) in [4.78, 5) is 32.4. The smallest absolute Gasteiger partial charge is 0.409 e. The number of ether oxygens (including phenoxy) is 2. The molecule has 2 amide bonds. The Bertz CT molecular complexity index is 572. The summed E-state index contributed by atoms with van der Waals surface area (Å²) in [6.45, 7) is 4.07. The molecule has 3 rings (SSSR count). The van der Waals surface area contributed by atoms with E-state index in [9.17, 15) is 9.59 Å². The molecule has 2 saturated heterocycles. The molecule has 2 aliphatic heterocycles. The number of nitrogens with zero attached hydrogens (tertiary/aromatic N) is 4. The van der Waals surface area contributed by atoms with Gasteiger partial charge in [-0.2, -0.15) is 0 Å². The summed E-state index contributed by atoms with van der Waals surface area (Å²) in [6.07, 6.45) is 9.37. The minimum absolute atomic E-state index is 0.00511. The first-order chi connectivity index (χ1) is 12.7. The van der Waals surface area contributed by atoms with Crippen LogP contribution in [0.25, 0.3) is 0 Å². The van der Waals surface area contributed by atoms with Crippen molar-refractivity contribution < 1.29 is 19.1 Å². The summed E-state index contributed by atoms with van der Waals surface area (Å²) in [5.41, 5.74) is 0. The molecule has 0 spiro atoms. The summed E-state index contributed by atoms with van der Waals surface area (Å²) >= 11 is 0. The molecular weight excluding hydrogens is 336 g/mol. The zero-order chi connectivity index (χ0) is 18.2. The standard InChI is InChI=1S/C18H28N4O4/c23-17(5-3-7-20-9-6-19-15-20)22-8-2-1-4-16(22)14-26-18(24)21-10-12-25-13-11-21/h6,9,15-16H,1-5,7-8,10-14H2. The lowest BCUT2D eigenvalue weighted by molar-refractivity contribution is -0.136. The Morgan fingerprint density at radius 2 is 2.04 bits per heavy atom. The van der Waals surface area contributed by atoms with Gasteiger partial charge in [-0.1, -0.05) is 0 Å². The summed E-state index contributed by atoms with van der Waals surface area (Å²) < 4.78 is 12.7. The minimum Gasteiger partial charge on any atom is -0.447 e. The molecule has 3 heterocycles. The van der Waals surface area contributed by atoms with Crippen LogP contribution in [-0.2, 0) is 20.8 Å². The van der Waals surface area contributed by atoms with E-state index < -0.39 is 0 Å². The van der Waals surface area contributed by atoms with Crippen molar-refractivity contribution in [1.82, 2.24) is 19.4 Å². The van der Waals surface area contributed by atoms with E-state index in [-0.39, 0.29) is 24.6 Å². The van der Waals surface area contributed by atoms with Gasteiger partial charge in [0, 0.05) is 45.0 Å². The number of hydrogen-bond acceptors (Lipinski definition) is 5. The van der Waals surface area contributed by atoms with Gasteiger partial charge in [0.2, 0.25) is 5.91 Å². The van der Waals surface area contributed by atoms with Crippen LogP contribution < -0.4 is 0 Å². The maximum Gasteiger partial charge on any atom is 0.409 e. The van der Waals surface area contributed by atoms with Crippen molar-refractivity contribution in [2.75, 3.05) is 39.5 Å². The maximum atomic E-state index is 12.6. The zero-order valence-corrected chi connectivity index (χ0v) is 15.2. The van der Waals surface area contributed by atoms with Crippen LogP contribution in [0, 0.1) is 0 Å². The molecule has 1 atom stereocenters. The molecular formula is C18H28N4O4. The summed E-state index contributed by atoms with van der Waals surface area (Å²) in [6, 6.07) is -0.00511. The molecule has 0 N–H and O–H groups in total. The number of imidazole rings is 1. The molecule has 0 radical (unpaired) electrons. The lowest BCUT2D eigenvalue weighted by atomic mass is 10.0. The third-order valence-electron chi connectivity index (χ3n) is 4.98. The molecule has 26 heavy (non-hydrogen) atoms. The second-order valence-corrected chi connectivity index (χ2v) is 6.82. The van der Waals surface area contributed by atoms with E-state index in [0.717, 1.165) is 38.8 Å². The number of aromatic nitrogens is 2. The largest absolute Gasteiger partial charge is 0.447 e. The third-order valence-corrected chi connectivity index (χ3v) is 4.98. The Hall–Kier alpha value is -2.09. The third kappa shape index (κ3) is 5.20. The van der Waals surface area contributed by atoms with Crippen molar-refractivity contribution in [1.29, 1.82) is 0 Å². The van der Waals surface area contributed by atoms with E-state index in [1.165, 1.54) is 0 Å². The van der Waals surface area contributed by atoms with E-state index in [4.69, 9.17) is 9.47 Å². The van der Waals surface area contributed by atoms with Crippen molar-refractivity contribution in [3.05, 3.63) is 18.7 Å². The van der Waals surface area contributed by atoms with Gasteiger partial charge in [-0.05, 0) is 25.7 Å². The SMILES string of the molecule is O=C(OCC1CCCCN1C(=O)CCCn1ccnc1)N1CCOCC1. The van der Waals surface area contributed by atoms with Gasteiger partial charge in [0.05, 0.1) is 25.6 Å².